The maximum atomic E-state index is 12.9. The van der Waals surface area contributed by atoms with Crippen molar-refractivity contribution in [1.29, 1.82) is 0 Å². The molecule has 3 heterocycles. The predicted octanol–water partition coefficient (Wildman–Crippen LogP) is 0.602. The number of thiophene rings is 1. The van der Waals surface area contributed by atoms with E-state index in [0.717, 1.165) is 11.3 Å². The lowest BCUT2D eigenvalue weighted by Crippen LogP contribution is -2.56. The van der Waals surface area contributed by atoms with E-state index >= 15 is 0 Å². The van der Waals surface area contributed by atoms with E-state index in [1.165, 1.54) is 15.3 Å². The molecular formula is C15H20N2O6S2. The van der Waals surface area contributed by atoms with Crippen molar-refractivity contribution in [3.63, 3.8) is 0 Å². The summed E-state index contributed by atoms with van der Waals surface area (Å²) in [5, 5.41) is 10.8. The van der Waals surface area contributed by atoms with Gasteiger partial charge in [0.2, 0.25) is 5.91 Å². The minimum absolute atomic E-state index is 0.0676. The van der Waals surface area contributed by atoms with Crippen LogP contribution in [0.1, 0.15) is 19.8 Å². The minimum atomic E-state index is -3.71. The Kier molecular flexibility index (Phi) is 5.14. The van der Waals surface area contributed by atoms with E-state index in [-0.39, 0.29) is 23.2 Å². The molecule has 0 spiro atoms. The lowest BCUT2D eigenvalue weighted by atomic mass is 10.1. The van der Waals surface area contributed by atoms with Gasteiger partial charge in [-0.1, -0.05) is 6.07 Å². The van der Waals surface area contributed by atoms with Gasteiger partial charge >= 0.3 is 5.97 Å². The summed E-state index contributed by atoms with van der Waals surface area (Å²) in [4.78, 5) is 25.5. The molecule has 1 aromatic heterocycles. The van der Waals surface area contributed by atoms with E-state index in [1.807, 2.05) is 0 Å². The Morgan fingerprint density at radius 3 is 2.76 bits per heavy atom. The zero-order valence-electron chi connectivity index (χ0n) is 13.7. The molecule has 8 nitrogen and oxygen atoms in total. The molecule has 10 heteroatoms. The molecule has 1 N–H and O–H groups in total. The maximum absolute atomic E-state index is 12.9. The van der Waals surface area contributed by atoms with Crippen LogP contribution in [0.5, 0.6) is 0 Å². The van der Waals surface area contributed by atoms with Gasteiger partial charge in [-0.05, 0) is 31.2 Å². The quantitative estimate of drug-likeness (QED) is 0.810. The van der Waals surface area contributed by atoms with Gasteiger partial charge in [0.1, 0.15) is 10.3 Å². The number of sulfonamides is 1. The number of carboxylic acids is 1. The Balaban J connectivity index is 1.80. The average molecular weight is 388 g/mol. The van der Waals surface area contributed by atoms with Crippen molar-refractivity contribution in [2.45, 2.75) is 42.2 Å². The number of aliphatic carboxylic acids is 1. The van der Waals surface area contributed by atoms with Crippen molar-refractivity contribution in [1.82, 2.24) is 9.21 Å². The Bertz CT molecular complexity index is 748. The number of amides is 1. The van der Waals surface area contributed by atoms with Gasteiger partial charge in [-0.15, -0.1) is 11.3 Å². The zero-order valence-corrected chi connectivity index (χ0v) is 15.3. The first-order valence-electron chi connectivity index (χ1n) is 8.03. The summed E-state index contributed by atoms with van der Waals surface area (Å²) < 4.78 is 32.3. The van der Waals surface area contributed by atoms with E-state index < -0.39 is 34.2 Å². The lowest BCUT2D eigenvalue weighted by molar-refractivity contribution is -0.167. The number of carbonyl (C=O) groups excluding carboxylic acids is 1. The number of nitrogens with zero attached hydrogens (tertiary/aromatic N) is 2. The fourth-order valence-electron chi connectivity index (χ4n) is 3.28. The first-order valence-corrected chi connectivity index (χ1v) is 10.3. The first-order chi connectivity index (χ1) is 11.8. The van der Waals surface area contributed by atoms with Crippen LogP contribution in [0.15, 0.2) is 21.7 Å². The van der Waals surface area contributed by atoms with Crippen molar-refractivity contribution in [3.8, 4) is 0 Å². The molecule has 3 atom stereocenters. The highest BCUT2D eigenvalue weighted by Crippen LogP contribution is 2.30. The fourth-order valence-corrected chi connectivity index (χ4v) is 6.05. The molecule has 3 rings (SSSR count). The highest BCUT2D eigenvalue weighted by atomic mass is 32.2. The van der Waals surface area contributed by atoms with Gasteiger partial charge in [-0.2, -0.15) is 4.31 Å². The van der Waals surface area contributed by atoms with Gasteiger partial charge < -0.3 is 14.7 Å². The monoisotopic (exact) mass is 388 g/mol. The number of ether oxygens (including phenoxy) is 1. The number of hydrogen-bond donors (Lipinski definition) is 1. The van der Waals surface area contributed by atoms with Crippen molar-refractivity contribution in [3.05, 3.63) is 17.5 Å². The van der Waals surface area contributed by atoms with Crippen molar-refractivity contribution in [2.75, 3.05) is 19.6 Å². The molecule has 2 aliphatic heterocycles. The molecule has 2 aliphatic rings. The summed E-state index contributed by atoms with van der Waals surface area (Å²) in [5.74, 6) is -1.47. The molecule has 1 amide bonds. The van der Waals surface area contributed by atoms with Crippen LogP contribution < -0.4 is 0 Å². The van der Waals surface area contributed by atoms with Crippen LogP contribution in [0.4, 0.5) is 0 Å². The van der Waals surface area contributed by atoms with Gasteiger partial charge in [0.25, 0.3) is 10.0 Å². The molecule has 1 aromatic rings. The van der Waals surface area contributed by atoms with Crippen LogP contribution in [-0.2, 0) is 24.3 Å². The molecule has 2 unspecified atom stereocenters. The molecule has 2 saturated heterocycles. The number of carbonyl (C=O) groups is 2. The average Bonchev–Trinajstić information content (AvgIpc) is 3.25. The smallest absolute Gasteiger partial charge is 0.334 e. The standard InChI is InChI=1S/C15H20N2O6S2/c1-10-8-16(9-12(23-10)15(19)20)14(18)11-4-2-6-17(11)25(21,22)13-5-3-7-24-13/h3,5,7,10-12H,2,4,6,8-9H2,1H3,(H,19,20)/t10-,11?,12?/m1/s1. The minimum Gasteiger partial charge on any atom is -0.479 e. The summed E-state index contributed by atoms with van der Waals surface area (Å²) >= 11 is 1.12. The Morgan fingerprint density at radius 1 is 1.36 bits per heavy atom. The topological polar surface area (TPSA) is 104 Å². The van der Waals surface area contributed by atoms with E-state index in [4.69, 9.17) is 9.84 Å². The van der Waals surface area contributed by atoms with E-state index in [1.54, 1.807) is 18.4 Å². The first kappa shape index (κ1) is 18.3. The van der Waals surface area contributed by atoms with Crippen LogP contribution in [0.2, 0.25) is 0 Å². The van der Waals surface area contributed by atoms with Gasteiger partial charge in [-0.25, -0.2) is 13.2 Å². The van der Waals surface area contributed by atoms with Crippen molar-refractivity contribution < 1.29 is 27.9 Å². The second-order valence-corrected chi connectivity index (χ2v) is 9.29. The van der Waals surface area contributed by atoms with Gasteiger partial charge in [0, 0.05) is 13.1 Å². The van der Waals surface area contributed by atoms with Crippen LogP contribution in [0.25, 0.3) is 0 Å². The fraction of sp³-hybridized carbons (Fsp3) is 0.600. The molecule has 2 fully saturated rings. The molecule has 0 radical (unpaired) electrons. The largest absolute Gasteiger partial charge is 0.479 e. The summed E-state index contributed by atoms with van der Waals surface area (Å²) in [6.45, 7) is 2.18. The summed E-state index contributed by atoms with van der Waals surface area (Å²) in [6, 6.07) is 2.40. The van der Waals surface area contributed by atoms with Crippen LogP contribution in [-0.4, -0.2) is 72.5 Å². The number of carboxylic acid groups (broad SMARTS) is 1. The van der Waals surface area contributed by atoms with Crippen molar-refractivity contribution in [2.24, 2.45) is 0 Å². The SMILES string of the molecule is C[C@@H]1CN(C(=O)C2CCCN2S(=O)(=O)c2cccs2)CC(C(=O)O)O1. The Morgan fingerprint density at radius 2 is 2.12 bits per heavy atom. The van der Waals surface area contributed by atoms with E-state index in [2.05, 4.69) is 0 Å². The normalized spacial score (nSPS) is 28.2. The summed E-state index contributed by atoms with van der Waals surface area (Å²) in [5.41, 5.74) is 0. The molecule has 138 valence electrons. The third-order valence-corrected chi connectivity index (χ3v) is 7.68. The molecule has 0 aromatic carbocycles. The lowest BCUT2D eigenvalue weighted by Gasteiger charge is -2.37. The third kappa shape index (κ3) is 3.57. The highest BCUT2D eigenvalue weighted by molar-refractivity contribution is 7.91. The van der Waals surface area contributed by atoms with Crippen molar-refractivity contribution >= 4 is 33.2 Å². The van der Waals surface area contributed by atoms with Crippen LogP contribution in [0, 0.1) is 0 Å². The van der Waals surface area contributed by atoms with Crippen LogP contribution >= 0.6 is 11.3 Å². The zero-order chi connectivity index (χ0) is 18.2. The van der Waals surface area contributed by atoms with E-state index in [9.17, 15) is 18.0 Å². The summed E-state index contributed by atoms with van der Waals surface area (Å²) in [6.07, 6.45) is -0.463. The second-order valence-electron chi connectivity index (χ2n) is 6.22. The molecule has 25 heavy (non-hydrogen) atoms. The Labute approximate surface area is 150 Å². The molecule has 0 aliphatic carbocycles. The predicted molar refractivity (Wildman–Crippen MR) is 89.8 cm³/mol. The molecule has 0 saturated carbocycles. The van der Waals surface area contributed by atoms with Gasteiger partial charge in [-0.3, -0.25) is 4.79 Å². The van der Waals surface area contributed by atoms with E-state index in [0.29, 0.717) is 19.4 Å². The molecular weight excluding hydrogens is 368 g/mol. The van der Waals surface area contributed by atoms with Crippen LogP contribution in [0.3, 0.4) is 0 Å². The van der Waals surface area contributed by atoms with Gasteiger partial charge in [0.15, 0.2) is 6.10 Å². The Hall–Kier alpha value is -1.49. The van der Waals surface area contributed by atoms with Gasteiger partial charge in [0.05, 0.1) is 12.6 Å². The summed E-state index contributed by atoms with van der Waals surface area (Å²) in [7, 11) is -3.71. The molecule has 0 bridgehead atoms. The highest BCUT2D eigenvalue weighted by Gasteiger charge is 2.43. The maximum Gasteiger partial charge on any atom is 0.334 e. The third-order valence-electron chi connectivity index (χ3n) is 4.39. The number of hydrogen-bond acceptors (Lipinski definition) is 6. The number of rotatable bonds is 4. The second kappa shape index (κ2) is 7.02. The number of morpholine rings is 1.